The fraction of sp³-hybridized carbons (Fsp3) is 0.667. The van der Waals surface area contributed by atoms with Crippen molar-refractivity contribution in [3.63, 3.8) is 0 Å². The van der Waals surface area contributed by atoms with Gasteiger partial charge < -0.3 is 19.7 Å². The van der Waals surface area contributed by atoms with Gasteiger partial charge in [0, 0.05) is 51.9 Å². The topological polar surface area (TPSA) is 71.1 Å². The van der Waals surface area contributed by atoms with Gasteiger partial charge in [-0.2, -0.15) is 13.2 Å². The van der Waals surface area contributed by atoms with Crippen molar-refractivity contribution >= 4 is 17.5 Å². The van der Waals surface area contributed by atoms with Crippen molar-refractivity contribution in [2.75, 3.05) is 45.7 Å². The van der Waals surface area contributed by atoms with Crippen molar-refractivity contribution < 1.29 is 32.2 Å². The van der Waals surface area contributed by atoms with Crippen LogP contribution in [-0.4, -0.2) is 80.3 Å². The Morgan fingerprint density at radius 3 is 2.59 bits per heavy atom. The molecule has 0 spiro atoms. The van der Waals surface area contributed by atoms with E-state index in [0.29, 0.717) is 30.8 Å². The predicted octanol–water partition coefficient (Wildman–Crippen LogP) is 4.18. The first-order valence-electron chi connectivity index (χ1n) is 11.6. The molecule has 2 amide bonds. The van der Waals surface area contributed by atoms with Crippen LogP contribution in [0, 0.1) is 5.92 Å². The average Bonchev–Trinajstić information content (AvgIpc) is 2.77. The first-order chi connectivity index (χ1) is 15.9. The van der Waals surface area contributed by atoms with Crippen molar-refractivity contribution in [2.45, 2.75) is 58.4 Å². The number of fused-ring (bicyclic) bond motifs is 1. The van der Waals surface area contributed by atoms with Crippen molar-refractivity contribution in [3.8, 4) is 5.75 Å². The predicted molar refractivity (Wildman–Crippen MR) is 124 cm³/mol. The fourth-order valence-corrected chi connectivity index (χ4v) is 3.96. The third kappa shape index (κ3) is 8.16. The van der Waals surface area contributed by atoms with E-state index in [1.807, 2.05) is 20.8 Å². The molecule has 1 aliphatic heterocycles. The van der Waals surface area contributed by atoms with E-state index in [1.165, 1.54) is 12.0 Å². The molecular formula is C24H36F3N3O4. The van der Waals surface area contributed by atoms with Crippen LogP contribution in [0.3, 0.4) is 0 Å². The van der Waals surface area contributed by atoms with Gasteiger partial charge in [0.25, 0.3) is 5.91 Å². The Morgan fingerprint density at radius 1 is 1.26 bits per heavy atom. The number of methoxy groups -OCH3 is 1. The number of carbonyl (C=O) groups is 2. The molecule has 2 rings (SSSR count). The highest BCUT2D eigenvalue weighted by molar-refractivity contribution is 5.99. The van der Waals surface area contributed by atoms with Crippen molar-refractivity contribution in [3.05, 3.63) is 23.8 Å². The number of alkyl halides is 3. The van der Waals surface area contributed by atoms with Crippen molar-refractivity contribution in [2.24, 2.45) is 5.92 Å². The number of anilines is 1. The van der Waals surface area contributed by atoms with E-state index in [9.17, 15) is 22.8 Å². The Morgan fingerprint density at radius 2 is 1.97 bits per heavy atom. The molecule has 1 aromatic rings. The van der Waals surface area contributed by atoms with Crippen LogP contribution in [0.25, 0.3) is 0 Å². The Hall–Kier alpha value is -2.33. The van der Waals surface area contributed by atoms with Crippen LogP contribution in [0.1, 0.15) is 50.4 Å². The molecule has 0 aromatic heterocycles. The third-order valence-electron chi connectivity index (χ3n) is 6.02. The molecule has 0 fully saturated rings. The number of benzene rings is 1. The van der Waals surface area contributed by atoms with Gasteiger partial charge >= 0.3 is 6.18 Å². The summed E-state index contributed by atoms with van der Waals surface area (Å²) in [6, 6.07) is 4.51. The van der Waals surface area contributed by atoms with Crippen molar-refractivity contribution in [1.29, 1.82) is 0 Å². The highest BCUT2D eigenvalue weighted by Gasteiger charge is 2.32. The average molecular weight is 488 g/mol. The summed E-state index contributed by atoms with van der Waals surface area (Å²) in [5.41, 5.74) is 0.750. The van der Waals surface area contributed by atoms with Crippen LogP contribution < -0.4 is 10.1 Å². The molecule has 1 heterocycles. The number of likely N-dealkylation sites (N-methyl/N-ethyl adjacent to an activating group) is 1. The molecule has 1 aliphatic rings. The maximum atomic E-state index is 13.3. The Balaban J connectivity index is 2.37. The number of hydrogen-bond donors (Lipinski definition) is 1. The minimum Gasteiger partial charge on any atom is -0.491 e. The first kappa shape index (κ1) is 27.9. The maximum Gasteiger partial charge on any atom is 0.390 e. The first-order valence-corrected chi connectivity index (χ1v) is 11.6. The summed E-state index contributed by atoms with van der Waals surface area (Å²) in [5.74, 6) is -0.262. The lowest BCUT2D eigenvalue weighted by Gasteiger charge is -2.36. The second-order valence-corrected chi connectivity index (χ2v) is 8.97. The molecule has 0 bridgehead atoms. The van der Waals surface area contributed by atoms with Crippen LogP contribution in [0.2, 0.25) is 0 Å². The minimum absolute atomic E-state index is 0.105. The largest absolute Gasteiger partial charge is 0.491 e. The highest BCUT2D eigenvalue weighted by atomic mass is 19.4. The standard InChI is InChI=1S/C24H36F3N3O4/c1-6-7-22(31)28-18-8-9-20-19(12-18)23(32)29(4)14-21(33-5)16(2)13-30(17(3)15-34-20)11-10-24(25,26)27/h8-9,12,16-17,21H,6-7,10-11,13-15H2,1-5H3,(H,28,31)/t16-,17-,21+/m1/s1. The Bertz CT molecular complexity index is 834. The Kier molecular flexibility index (Phi) is 10.2. The van der Waals surface area contributed by atoms with Gasteiger partial charge in [-0.25, -0.2) is 0 Å². The van der Waals surface area contributed by atoms with Crippen LogP contribution >= 0.6 is 0 Å². The number of halogens is 3. The zero-order valence-corrected chi connectivity index (χ0v) is 20.6. The molecule has 0 saturated carbocycles. The summed E-state index contributed by atoms with van der Waals surface area (Å²) in [5, 5.41) is 2.78. The van der Waals surface area contributed by atoms with Gasteiger partial charge in [0.15, 0.2) is 0 Å². The third-order valence-corrected chi connectivity index (χ3v) is 6.02. The number of rotatable bonds is 6. The van der Waals surface area contributed by atoms with Crippen LogP contribution in [0.5, 0.6) is 5.75 Å². The van der Waals surface area contributed by atoms with Gasteiger partial charge in [-0.05, 0) is 37.5 Å². The molecule has 1 aromatic carbocycles. The van der Waals surface area contributed by atoms with E-state index in [1.54, 1.807) is 30.1 Å². The van der Waals surface area contributed by atoms with Crippen molar-refractivity contribution in [1.82, 2.24) is 9.80 Å². The molecule has 0 unspecified atom stereocenters. The minimum atomic E-state index is -4.26. The molecule has 3 atom stereocenters. The normalized spacial score (nSPS) is 22.9. The number of hydrogen-bond acceptors (Lipinski definition) is 5. The van der Waals surface area contributed by atoms with E-state index in [0.717, 1.165) is 0 Å². The summed E-state index contributed by atoms with van der Waals surface area (Å²) >= 11 is 0. The zero-order valence-electron chi connectivity index (χ0n) is 20.6. The molecule has 0 radical (unpaired) electrons. The summed E-state index contributed by atoms with van der Waals surface area (Å²) in [6.45, 7) is 6.19. The molecular weight excluding hydrogens is 451 g/mol. The van der Waals surface area contributed by atoms with Gasteiger partial charge in [0.05, 0.1) is 18.1 Å². The summed E-state index contributed by atoms with van der Waals surface area (Å²) in [6.07, 6.45) is -4.49. The van der Waals surface area contributed by atoms with Gasteiger partial charge in [0.1, 0.15) is 12.4 Å². The monoisotopic (exact) mass is 487 g/mol. The molecule has 34 heavy (non-hydrogen) atoms. The molecule has 1 N–H and O–H groups in total. The van der Waals surface area contributed by atoms with Gasteiger partial charge in [-0.1, -0.05) is 13.8 Å². The number of nitrogens with one attached hydrogen (secondary N) is 1. The molecule has 0 saturated heterocycles. The maximum absolute atomic E-state index is 13.3. The zero-order chi connectivity index (χ0) is 25.5. The van der Waals surface area contributed by atoms with Gasteiger partial charge in [0.2, 0.25) is 5.91 Å². The van der Waals surface area contributed by atoms with Crippen LogP contribution in [-0.2, 0) is 9.53 Å². The van der Waals surface area contributed by atoms with Gasteiger partial charge in [-0.15, -0.1) is 0 Å². The van der Waals surface area contributed by atoms with E-state index in [4.69, 9.17) is 9.47 Å². The summed E-state index contributed by atoms with van der Waals surface area (Å²) in [7, 11) is 3.18. The number of amides is 2. The lowest BCUT2D eigenvalue weighted by molar-refractivity contribution is -0.140. The smallest absolute Gasteiger partial charge is 0.390 e. The lowest BCUT2D eigenvalue weighted by Crippen LogP contribution is -2.47. The van der Waals surface area contributed by atoms with E-state index in [2.05, 4.69) is 5.32 Å². The number of nitrogens with zero attached hydrogens (tertiary/aromatic N) is 2. The van der Waals surface area contributed by atoms with E-state index in [-0.39, 0.29) is 55.1 Å². The number of carbonyl (C=O) groups excluding carboxylic acids is 2. The lowest BCUT2D eigenvalue weighted by atomic mass is 10.0. The fourth-order valence-electron chi connectivity index (χ4n) is 3.96. The van der Waals surface area contributed by atoms with E-state index >= 15 is 0 Å². The highest BCUT2D eigenvalue weighted by Crippen LogP contribution is 2.27. The molecule has 7 nitrogen and oxygen atoms in total. The molecule has 10 heteroatoms. The Labute approximate surface area is 199 Å². The molecule has 0 aliphatic carbocycles. The quantitative estimate of drug-likeness (QED) is 0.652. The van der Waals surface area contributed by atoms with Crippen LogP contribution in [0.4, 0.5) is 18.9 Å². The van der Waals surface area contributed by atoms with Gasteiger partial charge in [-0.3, -0.25) is 14.5 Å². The second-order valence-electron chi connectivity index (χ2n) is 8.97. The molecule has 192 valence electrons. The SMILES string of the molecule is CCCC(=O)Nc1ccc2c(c1)C(=O)N(C)C[C@H](OC)[C@H](C)CN(CCC(F)(F)F)[C@H](C)CO2. The van der Waals surface area contributed by atoms with Crippen LogP contribution in [0.15, 0.2) is 18.2 Å². The summed E-state index contributed by atoms with van der Waals surface area (Å²) in [4.78, 5) is 28.6. The van der Waals surface area contributed by atoms with E-state index < -0.39 is 12.6 Å². The summed E-state index contributed by atoms with van der Waals surface area (Å²) < 4.78 is 50.4. The second kappa shape index (κ2) is 12.4. The number of ether oxygens (including phenoxy) is 2.